The van der Waals surface area contributed by atoms with Gasteiger partial charge in [0.15, 0.2) is 17.4 Å². The van der Waals surface area contributed by atoms with Crippen molar-refractivity contribution in [3.8, 4) is 0 Å². The van der Waals surface area contributed by atoms with Crippen LogP contribution in [0.1, 0.15) is 20.1 Å². The number of hydrogen-bond acceptors (Lipinski definition) is 6. The van der Waals surface area contributed by atoms with Crippen molar-refractivity contribution in [2.75, 3.05) is 0 Å². The molecule has 2 aromatic rings. The highest BCUT2D eigenvalue weighted by molar-refractivity contribution is 5.68. The highest BCUT2D eigenvalue weighted by Gasteiger charge is 2.51. The number of nitrogens with one attached hydrogen (secondary N) is 1. The first-order valence-corrected chi connectivity index (χ1v) is 5.89. The Morgan fingerprint density at radius 2 is 2.26 bits per heavy atom. The van der Waals surface area contributed by atoms with Gasteiger partial charge in [0.2, 0.25) is 0 Å². The van der Waals surface area contributed by atoms with Gasteiger partial charge < -0.3 is 19.9 Å². The first-order chi connectivity index (χ1) is 8.93. The molecule has 8 heteroatoms. The minimum atomic E-state index is -1.49. The van der Waals surface area contributed by atoms with E-state index in [0.29, 0.717) is 5.65 Å². The van der Waals surface area contributed by atoms with E-state index in [-0.39, 0.29) is 11.1 Å². The standard InChI is InChI=1S/C11H14N4O4/c1-5-7(16)11(2,18)10(19-5)15-4-14-6-8(15)12-3-13-9(6)17/h3-5,7,10,16,18H,1-2H3,(H,12,13,17). The third kappa shape index (κ3) is 1.61. The molecule has 3 rings (SSSR count). The van der Waals surface area contributed by atoms with E-state index in [1.165, 1.54) is 24.1 Å². The lowest BCUT2D eigenvalue weighted by Crippen LogP contribution is -2.43. The van der Waals surface area contributed by atoms with Crippen molar-refractivity contribution in [1.29, 1.82) is 0 Å². The zero-order chi connectivity index (χ0) is 13.8. The highest BCUT2D eigenvalue weighted by atomic mass is 16.6. The molecule has 0 aliphatic carbocycles. The topological polar surface area (TPSA) is 113 Å². The maximum atomic E-state index is 11.6. The number of fused-ring (bicyclic) bond motifs is 1. The fraction of sp³-hybridized carbons (Fsp3) is 0.545. The SMILES string of the molecule is CC1OC(n2cnc3c(=O)[nH]cnc32)C(C)(O)C1O. The molecule has 1 saturated heterocycles. The minimum absolute atomic E-state index is 0.163. The molecule has 0 saturated carbocycles. The fourth-order valence-corrected chi connectivity index (χ4v) is 2.42. The Kier molecular flexibility index (Phi) is 2.49. The van der Waals surface area contributed by atoms with Gasteiger partial charge in [-0.3, -0.25) is 9.36 Å². The lowest BCUT2D eigenvalue weighted by Gasteiger charge is -2.27. The summed E-state index contributed by atoms with van der Waals surface area (Å²) in [5.41, 5.74) is -1.39. The zero-order valence-corrected chi connectivity index (χ0v) is 10.4. The van der Waals surface area contributed by atoms with Crippen LogP contribution in [-0.4, -0.2) is 47.5 Å². The van der Waals surface area contributed by atoms with Gasteiger partial charge in [0, 0.05) is 0 Å². The van der Waals surface area contributed by atoms with Crippen LogP contribution in [0.25, 0.3) is 11.2 Å². The zero-order valence-electron chi connectivity index (χ0n) is 10.4. The Morgan fingerprint density at radius 3 is 2.89 bits per heavy atom. The van der Waals surface area contributed by atoms with Crippen LogP contribution < -0.4 is 5.56 Å². The minimum Gasteiger partial charge on any atom is -0.387 e. The summed E-state index contributed by atoms with van der Waals surface area (Å²) in [4.78, 5) is 22.0. The summed E-state index contributed by atoms with van der Waals surface area (Å²) in [6.07, 6.45) is 0.219. The molecule has 0 radical (unpaired) electrons. The Morgan fingerprint density at radius 1 is 1.53 bits per heavy atom. The van der Waals surface area contributed by atoms with Crippen LogP contribution >= 0.6 is 0 Å². The number of aliphatic hydroxyl groups excluding tert-OH is 1. The monoisotopic (exact) mass is 266 g/mol. The summed E-state index contributed by atoms with van der Waals surface area (Å²) in [6, 6.07) is 0. The Bertz CT molecular complexity index is 677. The second-order valence-electron chi connectivity index (χ2n) is 4.92. The van der Waals surface area contributed by atoms with Gasteiger partial charge in [-0.2, -0.15) is 0 Å². The lowest BCUT2D eigenvalue weighted by molar-refractivity contribution is -0.0936. The number of aromatic amines is 1. The summed E-state index contributed by atoms with van der Waals surface area (Å²) in [5.74, 6) is 0. The molecular formula is C11H14N4O4. The normalized spacial score (nSPS) is 35.1. The first-order valence-electron chi connectivity index (χ1n) is 5.89. The van der Waals surface area contributed by atoms with E-state index in [1.54, 1.807) is 6.92 Å². The van der Waals surface area contributed by atoms with E-state index in [1.807, 2.05) is 0 Å². The third-order valence-corrected chi connectivity index (χ3v) is 3.50. The van der Waals surface area contributed by atoms with Gasteiger partial charge in [-0.05, 0) is 13.8 Å². The van der Waals surface area contributed by atoms with Crippen LogP contribution in [0, 0.1) is 0 Å². The number of nitrogens with zero attached hydrogens (tertiary/aromatic N) is 3. The smallest absolute Gasteiger partial charge is 0.278 e. The van der Waals surface area contributed by atoms with Gasteiger partial charge in [-0.15, -0.1) is 0 Å². The van der Waals surface area contributed by atoms with Gasteiger partial charge in [-0.1, -0.05) is 0 Å². The molecule has 102 valence electrons. The molecule has 1 aliphatic heterocycles. The van der Waals surface area contributed by atoms with Crippen LogP contribution in [0.2, 0.25) is 0 Å². The number of ether oxygens (including phenoxy) is 1. The van der Waals surface area contributed by atoms with Crippen molar-refractivity contribution in [1.82, 2.24) is 19.5 Å². The van der Waals surface area contributed by atoms with E-state index < -0.39 is 24.0 Å². The molecular weight excluding hydrogens is 252 g/mol. The molecule has 1 fully saturated rings. The van der Waals surface area contributed by atoms with Crippen LogP contribution in [0.5, 0.6) is 0 Å². The molecule has 0 amide bonds. The van der Waals surface area contributed by atoms with Gasteiger partial charge in [0.1, 0.15) is 11.7 Å². The van der Waals surface area contributed by atoms with Crippen LogP contribution in [-0.2, 0) is 4.74 Å². The van der Waals surface area contributed by atoms with Crippen LogP contribution in [0.3, 0.4) is 0 Å². The van der Waals surface area contributed by atoms with Crippen molar-refractivity contribution >= 4 is 11.2 Å². The maximum Gasteiger partial charge on any atom is 0.278 e. The van der Waals surface area contributed by atoms with Gasteiger partial charge >= 0.3 is 0 Å². The number of aromatic nitrogens is 4. The predicted octanol–water partition coefficient (Wildman–Crippen LogP) is -0.851. The van der Waals surface area contributed by atoms with Crippen molar-refractivity contribution < 1.29 is 14.9 Å². The molecule has 3 heterocycles. The number of aliphatic hydroxyl groups is 2. The number of imidazole rings is 1. The number of H-pyrrole nitrogens is 1. The predicted molar refractivity (Wildman–Crippen MR) is 64.4 cm³/mol. The molecule has 19 heavy (non-hydrogen) atoms. The van der Waals surface area contributed by atoms with Gasteiger partial charge in [0.05, 0.1) is 18.8 Å². The average molecular weight is 266 g/mol. The van der Waals surface area contributed by atoms with Crippen molar-refractivity contribution in [3.63, 3.8) is 0 Å². The summed E-state index contributed by atoms with van der Waals surface area (Å²) in [7, 11) is 0. The summed E-state index contributed by atoms with van der Waals surface area (Å²) < 4.78 is 7.01. The first kappa shape index (κ1) is 12.3. The quantitative estimate of drug-likeness (QED) is 0.619. The number of hydrogen-bond donors (Lipinski definition) is 3. The van der Waals surface area contributed by atoms with E-state index in [2.05, 4.69) is 15.0 Å². The summed E-state index contributed by atoms with van der Waals surface area (Å²) in [5, 5.41) is 20.3. The molecule has 0 bridgehead atoms. The molecule has 3 N–H and O–H groups in total. The van der Waals surface area contributed by atoms with Crippen LogP contribution in [0.15, 0.2) is 17.4 Å². The Labute approximate surface area is 107 Å². The molecule has 1 aliphatic rings. The molecule has 8 nitrogen and oxygen atoms in total. The summed E-state index contributed by atoms with van der Waals surface area (Å²) >= 11 is 0. The van der Waals surface area contributed by atoms with Crippen molar-refractivity contribution in [2.45, 2.75) is 37.9 Å². The Balaban J connectivity index is 2.16. The van der Waals surface area contributed by atoms with Crippen LogP contribution in [0.4, 0.5) is 0 Å². The third-order valence-electron chi connectivity index (χ3n) is 3.50. The van der Waals surface area contributed by atoms with E-state index in [0.717, 1.165) is 0 Å². The average Bonchev–Trinajstić information content (AvgIpc) is 2.86. The second kappa shape index (κ2) is 3.86. The van der Waals surface area contributed by atoms with Gasteiger partial charge in [-0.25, -0.2) is 9.97 Å². The Hall–Kier alpha value is -1.77. The van der Waals surface area contributed by atoms with E-state index in [9.17, 15) is 15.0 Å². The fourth-order valence-electron chi connectivity index (χ4n) is 2.42. The van der Waals surface area contributed by atoms with Crippen molar-refractivity contribution in [2.24, 2.45) is 0 Å². The van der Waals surface area contributed by atoms with E-state index in [4.69, 9.17) is 4.74 Å². The van der Waals surface area contributed by atoms with Crippen molar-refractivity contribution in [3.05, 3.63) is 23.0 Å². The van der Waals surface area contributed by atoms with E-state index >= 15 is 0 Å². The highest BCUT2D eigenvalue weighted by Crippen LogP contribution is 2.38. The maximum absolute atomic E-state index is 11.6. The largest absolute Gasteiger partial charge is 0.387 e. The molecule has 0 aromatic carbocycles. The second-order valence-corrected chi connectivity index (χ2v) is 4.92. The summed E-state index contributed by atoms with van der Waals surface area (Å²) in [6.45, 7) is 3.14. The molecule has 4 unspecified atom stereocenters. The molecule has 4 atom stereocenters. The van der Waals surface area contributed by atoms with Gasteiger partial charge in [0.25, 0.3) is 5.56 Å². The lowest BCUT2D eigenvalue weighted by atomic mass is 9.97. The number of rotatable bonds is 1. The molecule has 0 spiro atoms. The molecule has 2 aromatic heterocycles.